The van der Waals surface area contributed by atoms with E-state index in [1.54, 1.807) is 0 Å². The number of hydrogen-bond acceptors (Lipinski definition) is 0. The maximum absolute atomic E-state index is 2.64. The van der Waals surface area contributed by atoms with Gasteiger partial charge >= 0.3 is 0 Å². The summed E-state index contributed by atoms with van der Waals surface area (Å²) < 4.78 is 0. The van der Waals surface area contributed by atoms with Crippen LogP contribution in [0.1, 0.15) is 0 Å². The first-order chi connectivity index (χ1) is 4.75. The lowest BCUT2D eigenvalue weighted by Crippen LogP contribution is -2.65. The molecule has 0 aromatic carbocycles. The van der Waals surface area contributed by atoms with E-state index in [2.05, 4.69) is 45.8 Å². The molecule has 66 valence electrons. The van der Waals surface area contributed by atoms with Crippen LogP contribution in [0.2, 0.25) is 45.8 Å². The molecule has 0 amide bonds. The van der Waals surface area contributed by atoms with Gasteiger partial charge in [0.1, 0.15) is 0 Å². The zero-order valence-corrected chi connectivity index (χ0v) is 13.2. The molecular formula is C7H22Si4. The Hall–Kier alpha value is 0.868. The van der Waals surface area contributed by atoms with Gasteiger partial charge in [0.15, 0.2) is 0 Å². The second kappa shape index (κ2) is 3.72. The molecule has 0 fully saturated rings. The summed E-state index contributed by atoms with van der Waals surface area (Å²) in [6, 6.07) is 0. The molecule has 0 aromatic rings. The normalized spacial score (nSPS) is 14.2. The van der Waals surface area contributed by atoms with Gasteiger partial charge in [0.05, 0.1) is 0 Å². The molecular weight excluding hydrogens is 196 g/mol. The smallest absolute Gasteiger partial charge is 0.0307 e. The van der Waals surface area contributed by atoms with Crippen LogP contribution in [-0.4, -0.2) is 31.6 Å². The van der Waals surface area contributed by atoms with Gasteiger partial charge in [0.2, 0.25) is 0 Å². The average molecular weight is 219 g/mol. The van der Waals surface area contributed by atoms with E-state index in [4.69, 9.17) is 0 Å². The molecule has 0 aliphatic carbocycles. The minimum atomic E-state index is -0.731. The van der Waals surface area contributed by atoms with Gasteiger partial charge in [0.25, 0.3) is 0 Å². The van der Waals surface area contributed by atoms with Gasteiger partial charge in [0, 0.05) is 31.6 Å². The quantitative estimate of drug-likeness (QED) is 0.638. The van der Waals surface area contributed by atoms with Crippen LogP contribution in [0.3, 0.4) is 0 Å². The van der Waals surface area contributed by atoms with Crippen molar-refractivity contribution >= 4 is 31.6 Å². The Morgan fingerprint density at radius 2 is 1.36 bits per heavy atom. The molecule has 0 heterocycles. The fraction of sp³-hybridized carbons (Fsp3) is 1.00. The van der Waals surface area contributed by atoms with Crippen molar-refractivity contribution in [2.24, 2.45) is 0 Å². The molecule has 0 saturated carbocycles. The lowest BCUT2D eigenvalue weighted by Gasteiger charge is -2.40. The van der Waals surface area contributed by atoms with Crippen molar-refractivity contribution in [1.29, 1.82) is 0 Å². The van der Waals surface area contributed by atoms with Gasteiger partial charge in [-0.15, -0.1) is 0 Å². The summed E-state index contributed by atoms with van der Waals surface area (Å²) in [6.07, 6.45) is 0. The standard InChI is InChI=1S/C7H22Si4/c1-8-10(4,5)11(6,7)9(2)3/h8H,1-7H3. The molecule has 0 N–H and O–H groups in total. The first-order valence-electron chi connectivity index (χ1n) is 4.37. The summed E-state index contributed by atoms with van der Waals surface area (Å²) in [5, 5.41) is 0. The van der Waals surface area contributed by atoms with Gasteiger partial charge in [-0.1, -0.05) is 45.8 Å². The van der Waals surface area contributed by atoms with Crippen LogP contribution in [0.25, 0.3) is 0 Å². The van der Waals surface area contributed by atoms with Crippen molar-refractivity contribution in [2.75, 3.05) is 0 Å². The number of rotatable bonds is 3. The third-order valence-corrected chi connectivity index (χ3v) is 54.2. The van der Waals surface area contributed by atoms with Gasteiger partial charge in [-0.3, -0.25) is 0 Å². The van der Waals surface area contributed by atoms with Crippen molar-refractivity contribution in [3.63, 3.8) is 0 Å². The third-order valence-electron chi connectivity index (χ3n) is 3.58. The molecule has 0 atom stereocenters. The molecule has 11 heavy (non-hydrogen) atoms. The molecule has 0 rings (SSSR count). The molecule has 0 unspecified atom stereocenters. The highest BCUT2D eigenvalue weighted by molar-refractivity contribution is 7.75. The Labute approximate surface area is 77.6 Å². The fourth-order valence-corrected chi connectivity index (χ4v) is 38.8. The zero-order valence-electron chi connectivity index (χ0n) is 9.08. The SMILES string of the molecule is C[SiH][Si](C)(C)[Si](C)(C)[Si](C)C. The van der Waals surface area contributed by atoms with Gasteiger partial charge in [-0.2, -0.15) is 0 Å². The summed E-state index contributed by atoms with van der Waals surface area (Å²) in [5.41, 5.74) is 0. The topological polar surface area (TPSA) is 0 Å². The molecule has 0 aliphatic rings. The average Bonchev–Trinajstić information content (AvgIpc) is 1.87. The van der Waals surface area contributed by atoms with E-state index in [9.17, 15) is 0 Å². The summed E-state index contributed by atoms with van der Waals surface area (Å²) in [4.78, 5) is 0. The minimum Gasteiger partial charge on any atom is -0.0763 e. The Morgan fingerprint density at radius 3 is 1.45 bits per heavy atom. The van der Waals surface area contributed by atoms with Crippen molar-refractivity contribution in [1.82, 2.24) is 0 Å². The molecule has 0 spiro atoms. The second-order valence-corrected chi connectivity index (χ2v) is 37.6. The monoisotopic (exact) mass is 218 g/mol. The third kappa shape index (κ3) is 2.40. The van der Waals surface area contributed by atoms with Crippen molar-refractivity contribution < 1.29 is 0 Å². The lowest BCUT2D eigenvalue weighted by atomic mass is 11.9. The largest absolute Gasteiger partial charge is 0.0763 e. The predicted octanol–water partition coefficient (Wildman–Crippen LogP) is 2.30. The van der Waals surface area contributed by atoms with Crippen LogP contribution < -0.4 is 0 Å². The van der Waals surface area contributed by atoms with E-state index in [1.165, 1.54) is 0 Å². The van der Waals surface area contributed by atoms with E-state index in [0.29, 0.717) is 0 Å². The summed E-state index contributed by atoms with van der Waals surface area (Å²) in [5.74, 6) is 0. The van der Waals surface area contributed by atoms with E-state index < -0.39 is 14.2 Å². The first-order valence-corrected chi connectivity index (χ1v) is 17.8. The Morgan fingerprint density at radius 1 is 1.00 bits per heavy atom. The molecule has 0 nitrogen and oxygen atoms in total. The fourth-order valence-electron chi connectivity index (χ4n) is 1.01. The Kier molecular flexibility index (Phi) is 4.01. The van der Waals surface area contributed by atoms with Crippen molar-refractivity contribution in [3.05, 3.63) is 0 Å². The molecule has 0 aliphatic heterocycles. The van der Waals surface area contributed by atoms with Crippen LogP contribution >= 0.6 is 0 Å². The molecule has 0 bridgehead atoms. The summed E-state index contributed by atoms with van der Waals surface area (Å²) in [6.45, 7) is 18.1. The molecule has 0 saturated heterocycles. The lowest BCUT2D eigenvalue weighted by molar-refractivity contribution is 1.85. The van der Waals surface area contributed by atoms with Crippen LogP contribution in [0.15, 0.2) is 0 Å². The van der Waals surface area contributed by atoms with Gasteiger partial charge in [-0.25, -0.2) is 0 Å². The van der Waals surface area contributed by atoms with Crippen LogP contribution in [0.5, 0.6) is 0 Å². The van der Waals surface area contributed by atoms with E-state index in [1.807, 2.05) is 0 Å². The predicted molar refractivity (Wildman–Crippen MR) is 65.5 cm³/mol. The van der Waals surface area contributed by atoms with Crippen molar-refractivity contribution in [2.45, 2.75) is 45.8 Å². The Bertz CT molecular complexity index is 128. The number of hydrogen-bond donors (Lipinski definition) is 0. The van der Waals surface area contributed by atoms with E-state index in [0.717, 1.165) is 9.04 Å². The summed E-state index contributed by atoms with van der Waals surface area (Å²) >= 11 is 0. The molecule has 0 aromatic heterocycles. The zero-order chi connectivity index (χ0) is 9.28. The highest BCUT2D eigenvalue weighted by Crippen LogP contribution is 2.20. The highest BCUT2D eigenvalue weighted by Gasteiger charge is 2.41. The molecule has 4 heteroatoms. The van der Waals surface area contributed by atoms with Crippen LogP contribution in [-0.2, 0) is 0 Å². The first kappa shape index (κ1) is 11.9. The van der Waals surface area contributed by atoms with Crippen molar-refractivity contribution in [3.8, 4) is 0 Å². The van der Waals surface area contributed by atoms with Crippen LogP contribution in [0, 0.1) is 0 Å². The maximum Gasteiger partial charge on any atom is 0.0307 e. The van der Waals surface area contributed by atoms with Gasteiger partial charge < -0.3 is 0 Å². The van der Waals surface area contributed by atoms with E-state index in [-0.39, 0.29) is 8.31 Å². The maximum atomic E-state index is 2.64. The summed E-state index contributed by atoms with van der Waals surface area (Å²) in [7, 11) is -0.602. The Balaban J connectivity index is 4.53. The molecule has 2 radical (unpaired) electrons. The highest BCUT2D eigenvalue weighted by atomic mass is 29.8. The minimum absolute atomic E-state index is 0.0415. The second-order valence-electron chi connectivity index (χ2n) is 4.64. The van der Waals surface area contributed by atoms with Gasteiger partial charge in [-0.05, 0) is 0 Å². The van der Waals surface area contributed by atoms with E-state index >= 15 is 0 Å². The van der Waals surface area contributed by atoms with Crippen LogP contribution in [0.4, 0.5) is 0 Å².